The summed E-state index contributed by atoms with van der Waals surface area (Å²) in [6.07, 6.45) is 13.2. The number of fused-ring (bicyclic) bond motifs is 3. The van der Waals surface area contributed by atoms with E-state index in [1.165, 1.54) is 93.5 Å². The van der Waals surface area contributed by atoms with Crippen molar-refractivity contribution in [1.82, 2.24) is 15.0 Å². The van der Waals surface area contributed by atoms with Gasteiger partial charge < -0.3 is 0 Å². The van der Waals surface area contributed by atoms with Gasteiger partial charge in [-0.05, 0) is 150 Å². The van der Waals surface area contributed by atoms with E-state index < -0.39 is 0 Å². The van der Waals surface area contributed by atoms with Crippen LogP contribution in [-0.2, 0) is 5.41 Å². The third-order valence-corrected chi connectivity index (χ3v) is 11.2. The van der Waals surface area contributed by atoms with Gasteiger partial charge in [0.1, 0.15) is 0 Å². The van der Waals surface area contributed by atoms with Gasteiger partial charge in [0.05, 0.1) is 0 Å². The molecule has 0 radical (unpaired) electrons. The van der Waals surface area contributed by atoms with Crippen LogP contribution in [0.5, 0.6) is 0 Å². The van der Waals surface area contributed by atoms with E-state index in [2.05, 4.69) is 145 Å². The zero-order chi connectivity index (χ0) is 36.1. The quantitative estimate of drug-likeness (QED) is 0.174. The van der Waals surface area contributed by atoms with Crippen molar-refractivity contribution in [2.24, 2.45) is 0 Å². The van der Waals surface area contributed by atoms with Gasteiger partial charge in [0.2, 0.25) is 0 Å². The molecule has 0 aliphatic heterocycles. The Labute approximate surface area is 310 Å². The molecule has 0 unspecified atom stereocenters. The number of pyridine rings is 3. The summed E-state index contributed by atoms with van der Waals surface area (Å²) < 4.78 is 0. The number of aromatic nitrogens is 3. The van der Waals surface area contributed by atoms with E-state index in [1.807, 2.05) is 62.3 Å². The minimum absolute atomic E-state index is 0.105. The Morgan fingerprint density at radius 3 is 1.60 bits per heavy atom. The van der Waals surface area contributed by atoms with Gasteiger partial charge >= 0.3 is 0 Å². The number of allylic oxidation sites excluding steroid dienone is 2. The van der Waals surface area contributed by atoms with Crippen molar-refractivity contribution < 1.29 is 0 Å². The minimum atomic E-state index is -0.105. The van der Waals surface area contributed by atoms with Gasteiger partial charge in [-0.3, -0.25) is 15.0 Å². The second kappa shape index (κ2) is 13.0. The Morgan fingerprint density at radius 2 is 1.02 bits per heavy atom. The van der Waals surface area contributed by atoms with E-state index in [1.54, 1.807) is 0 Å². The predicted molar refractivity (Wildman–Crippen MR) is 223 cm³/mol. The van der Waals surface area contributed by atoms with Crippen LogP contribution in [-0.4, -0.2) is 15.0 Å². The van der Waals surface area contributed by atoms with Crippen molar-refractivity contribution >= 4 is 37.9 Å². The van der Waals surface area contributed by atoms with E-state index >= 15 is 0 Å². The van der Waals surface area contributed by atoms with Crippen LogP contribution in [0.2, 0.25) is 0 Å². The van der Waals surface area contributed by atoms with Crippen molar-refractivity contribution in [2.45, 2.75) is 33.1 Å². The van der Waals surface area contributed by atoms with Crippen LogP contribution in [0.3, 0.4) is 0 Å². The first-order valence-corrected chi connectivity index (χ1v) is 18.3. The summed E-state index contributed by atoms with van der Waals surface area (Å²) in [7, 11) is 0. The van der Waals surface area contributed by atoms with Crippen LogP contribution in [0, 0.1) is 0 Å². The fourth-order valence-corrected chi connectivity index (χ4v) is 8.24. The number of nitrogens with zero attached hydrogens (tertiary/aromatic N) is 3. The molecule has 254 valence electrons. The second-order valence-corrected chi connectivity index (χ2v) is 14.5. The van der Waals surface area contributed by atoms with Crippen LogP contribution in [0.15, 0.2) is 165 Å². The molecule has 3 nitrogen and oxygen atoms in total. The molecule has 0 bridgehead atoms. The van der Waals surface area contributed by atoms with E-state index in [0.29, 0.717) is 0 Å². The molecular formula is C50H39N3. The first-order valence-electron chi connectivity index (χ1n) is 18.3. The molecule has 1 aliphatic carbocycles. The summed E-state index contributed by atoms with van der Waals surface area (Å²) >= 11 is 0. The number of rotatable bonds is 4. The highest BCUT2D eigenvalue weighted by Gasteiger charge is 2.36. The summed E-state index contributed by atoms with van der Waals surface area (Å²) in [6.45, 7) is 8.86. The minimum Gasteiger partial charge on any atom is -0.265 e. The molecule has 0 saturated heterocycles. The molecule has 6 aromatic carbocycles. The van der Waals surface area contributed by atoms with E-state index in [9.17, 15) is 0 Å². The van der Waals surface area contributed by atoms with Gasteiger partial charge in [-0.1, -0.05) is 98.8 Å². The van der Waals surface area contributed by atoms with E-state index in [0.717, 1.165) is 5.56 Å². The molecule has 1 aliphatic rings. The largest absolute Gasteiger partial charge is 0.265 e. The summed E-state index contributed by atoms with van der Waals surface area (Å²) in [4.78, 5) is 12.5. The highest BCUT2D eigenvalue weighted by atomic mass is 14.6. The van der Waals surface area contributed by atoms with Gasteiger partial charge in [-0.25, -0.2) is 0 Å². The third kappa shape index (κ3) is 5.48. The molecule has 9 aromatic rings. The maximum atomic E-state index is 4.40. The summed E-state index contributed by atoms with van der Waals surface area (Å²) in [5.41, 5.74) is 15.2. The van der Waals surface area contributed by atoms with Gasteiger partial charge in [-0.15, -0.1) is 0 Å². The number of benzene rings is 6. The van der Waals surface area contributed by atoms with Crippen LogP contribution in [0.25, 0.3) is 82.4 Å². The van der Waals surface area contributed by atoms with Crippen molar-refractivity contribution in [3.8, 4) is 44.5 Å². The van der Waals surface area contributed by atoms with Crippen LogP contribution < -0.4 is 0 Å². The van der Waals surface area contributed by atoms with Gasteiger partial charge in [0, 0.05) is 48.2 Å². The molecule has 0 amide bonds. The molecule has 10 rings (SSSR count). The standard InChI is InChI=1S/C41H28N2.C9H11N/c1-41(2)37-22-28(25-17-20-42-21-18-25)9-13-33(37)34-14-10-29(23-38(34)41)31-11-5-26-8-16-36-32(30-4-3-19-43-24-30)12-6-27-7-15-35(31)39(26)40(27)36;1-3-8(2)9-4-6-10-7-5-9/h3-24H,1-2H3;3-7H,1-2H3/b;8-3+. The molecule has 0 N–H and O–H groups in total. The zero-order valence-electron chi connectivity index (χ0n) is 30.4. The maximum Gasteiger partial charge on any atom is 0.0346 e. The van der Waals surface area contributed by atoms with Crippen molar-refractivity contribution in [1.29, 1.82) is 0 Å². The summed E-state index contributed by atoms with van der Waals surface area (Å²) in [6, 6.07) is 44.6. The Morgan fingerprint density at radius 1 is 0.491 bits per heavy atom. The molecule has 0 saturated carbocycles. The Balaban J connectivity index is 0.000000325. The molecular weight excluding hydrogens is 643 g/mol. The summed E-state index contributed by atoms with van der Waals surface area (Å²) in [5, 5.41) is 7.79. The van der Waals surface area contributed by atoms with Gasteiger partial charge in [0.15, 0.2) is 0 Å². The molecule has 53 heavy (non-hydrogen) atoms. The highest BCUT2D eigenvalue weighted by molar-refractivity contribution is 6.27. The van der Waals surface area contributed by atoms with E-state index in [4.69, 9.17) is 0 Å². The van der Waals surface area contributed by atoms with Gasteiger partial charge in [0.25, 0.3) is 0 Å². The molecule has 3 heteroatoms. The average molecular weight is 682 g/mol. The first-order chi connectivity index (χ1) is 25.9. The zero-order valence-corrected chi connectivity index (χ0v) is 30.4. The van der Waals surface area contributed by atoms with Crippen LogP contribution in [0.1, 0.15) is 44.4 Å². The lowest BCUT2D eigenvalue weighted by Gasteiger charge is -2.23. The Hall–Kier alpha value is -6.45. The van der Waals surface area contributed by atoms with Crippen molar-refractivity contribution in [2.75, 3.05) is 0 Å². The van der Waals surface area contributed by atoms with Crippen molar-refractivity contribution in [3.05, 3.63) is 181 Å². The SMILES string of the molecule is C/C=C(\C)c1ccncc1.CC1(C)c2cc(-c3ccncc3)ccc2-c2ccc(-c3ccc4ccc5c(-c6cccnc6)ccc6ccc3c4c65)cc21. The Bertz CT molecular complexity index is 2800. The smallest absolute Gasteiger partial charge is 0.0346 e. The lowest BCUT2D eigenvalue weighted by Crippen LogP contribution is -2.15. The number of hydrogen-bond donors (Lipinski definition) is 0. The topological polar surface area (TPSA) is 38.7 Å². The van der Waals surface area contributed by atoms with E-state index in [-0.39, 0.29) is 5.41 Å². The molecule has 3 heterocycles. The fourth-order valence-electron chi connectivity index (χ4n) is 8.24. The molecule has 3 aromatic heterocycles. The molecule has 0 spiro atoms. The Kier molecular flexibility index (Phi) is 7.93. The van der Waals surface area contributed by atoms with Gasteiger partial charge in [-0.2, -0.15) is 0 Å². The summed E-state index contributed by atoms with van der Waals surface area (Å²) in [5.74, 6) is 0. The number of hydrogen-bond acceptors (Lipinski definition) is 3. The maximum absolute atomic E-state index is 4.40. The first kappa shape index (κ1) is 32.5. The van der Waals surface area contributed by atoms with Crippen LogP contribution >= 0.6 is 0 Å². The molecule has 0 atom stereocenters. The fraction of sp³-hybridized carbons (Fsp3) is 0.100. The molecule has 0 fully saturated rings. The normalized spacial score (nSPS) is 13.2. The second-order valence-electron chi connectivity index (χ2n) is 14.5. The third-order valence-electron chi connectivity index (χ3n) is 11.2. The lowest BCUT2D eigenvalue weighted by atomic mass is 9.80. The lowest BCUT2D eigenvalue weighted by molar-refractivity contribution is 0.661. The highest BCUT2D eigenvalue weighted by Crippen LogP contribution is 2.51. The average Bonchev–Trinajstić information content (AvgIpc) is 3.45. The van der Waals surface area contributed by atoms with Crippen LogP contribution in [0.4, 0.5) is 0 Å². The van der Waals surface area contributed by atoms with Crippen molar-refractivity contribution in [3.63, 3.8) is 0 Å². The predicted octanol–water partition coefficient (Wildman–Crippen LogP) is 13.2. The monoisotopic (exact) mass is 681 g/mol.